The molecule has 1 aliphatic rings. The number of rotatable bonds is 7. The van der Waals surface area contributed by atoms with Crippen molar-refractivity contribution < 1.29 is 19.5 Å². The largest absolute Gasteiger partial charge is 0.478 e. The Morgan fingerprint density at radius 3 is 2.11 bits per heavy atom. The molecule has 0 aliphatic carbocycles. The summed E-state index contributed by atoms with van der Waals surface area (Å²) >= 11 is 0. The predicted octanol–water partition coefficient (Wildman–Crippen LogP) is 1.72. The summed E-state index contributed by atoms with van der Waals surface area (Å²) < 4.78 is 0. The Bertz CT molecular complexity index is 701. The Morgan fingerprint density at radius 1 is 1.00 bits per heavy atom. The van der Waals surface area contributed by atoms with Crippen LogP contribution in [0.25, 0.3) is 0 Å². The van der Waals surface area contributed by atoms with Gasteiger partial charge in [0.15, 0.2) is 0 Å². The minimum absolute atomic E-state index is 0.0781. The van der Waals surface area contributed by atoms with Crippen molar-refractivity contribution in [2.45, 2.75) is 46.2 Å². The van der Waals surface area contributed by atoms with Gasteiger partial charge in [-0.2, -0.15) is 0 Å². The predicted molar refractivity (Wildman–Crippen MR) is 107 cm³/mol. The number of hydrogen-bond acceptors (Lipinski definition) is 4. The highest BCUT2D eigenvalue weighted by Gasteiger charge is 2.26. The van der Waals surface area contributed by atoms with Crippen molar-refractivity contribution in [2.24, 2.45) is 0 Å². The SMILES string of the molecule is CC(C)N(C(=O)CN1CCN(C(=O)Cc2ccccc2C(=O)O)CC1)C(C)C. The normalized spacial score (nSPS) is 15.1. The van der Waals surface area contributed by atoms with Crippen molar-refractivity contribution in [2.75, 3.05) is 32.7 Å². The van der Waals surface area contributed by atoms with Gasteiger partial charge in [0.2, 0.25) is 11.8 Å². The number of benzene rings is 1. The first-order valence-electron chi connectivity index (χ1n) is 9.83. The maximum Gasteiger partial charge on any atom is 0.335 e. The molecule has 1 N–H and O–H groups in total. The maximum atomic E-state index is 12.6. The van der Waals surface area contributed by atoms with Crippen molar-refractivity contribution in [3.63, 3.8) is 0 Å². The highest BCUT2D eigenvalue weighted by atomic mass is 16.4. The maximum absolute atomic E-state index is 12.6. The Morgan fingerprint density at radius 2 is 1.57 bits per heavy atom. The molecule has 0 unspecified atom stereocenters. The summed E-state index contributed by atoms with van der Waals surface area (Å²) in [5, 5.41) is 9.26. The molecule has 2 amide bonds. The molecule has 1 aromatic rings. The molecule has 0 saturated carbocycles. The lowest BCUT2D eigenvalue weighted by atomic mass is 10.0. The van der Waals surface area contributed by atoms with Crippen LogP contribution in [0.1, 0.15) is 43.6 Å². The molecule has 0 atom stereocenters. The highest BCUT2D eigenvalue weighted by molar-refractivity contribution is 5.91. The summed E-state index contributed by atoms with van der Waals surface area (Å²) in [5.41, 5.74) is 0.699. The molecule has 1 heterocycles. The second kappa shape index (κ2) is 9.68. The van der Waals surface area contributed by atoms with E-state index < -0.39 is 5.97 Å². The third kappa shape index (κ3) is 5.55. The van der Waals surface area contributed by atoms with Crippen LogP contribution < -0.4 is 0 Å². The van der Waals surface area contributed by atoms with E-state index >= 15 is 0 Å². The van der Waals surface area contributed by atoms with Crippen LogP contribution in [-0.4, -0.2) is 82.4 Å². The molecule has 154 valence electrons. The Hall–Kier alpha value is -2.41. The molecule has 1 aromatic carbocycles. The Kier molecular flexibility index (Phi) is 7.57. The van der Waals surface area contributed by atoms with E-state index in [0.29, 0.717) is 38.3 Å². The highest BCUT2D eigenvalue weighted by Crippen LogP contribution is 2.13. The number of piperazine rings is 1. The zero-order valence-corrected chi connectivity index (χ0v) is 17.2. The van der Waals surface area contributed by atoms with Gasteiger partial charge in [0.1, 0.15) is 0 Å². The number of hydrogen-bond donors (Lipinski definition) is 1. The van der Waals surface area contributed by atoms with Crippen LogP contribution in [0.4, 0.5) is 0 Å². The van der Waals surface area contributed by atoms with Crippen LogP contribution in [0.2, 0.25) is 0 Å². The fourth-order valence-electron chi connectivity index (χ4n) is 3.76. The van der Waals surface area contributed by atoms with Gasteiger partial charge in [-0.25, -0.2) is 4.79 Å². The number of amides is 2. The average Bonchev–Trinajstić information content (AvgIpc) is 2.61. The van der Waals surface area contributed by atoms with Crippen LogP contribution in [-0.2, 0) is 16.0 Å². The Balaban J connectivity index is 1.89. The molecule has 1 aliphatic heterocycles. The summed E-state index contributed by atoms with van der Waals surface area (Å²) in [6.07, 6.45) is 0.0792. The van der Waals surface area contributed by atoms with Crippen LogP contribution >= 0.6 is 0 Å². The molecule has 7 heteroatoms. The number of nitrogens with zero attached hydrogens (tertiary/aromatic N) is 3. The van der Waals surface area contributed by atoms with E-state index in [0.717, 1.165) is 0 Å². The fraction of sp³-hybridized carbons (Fsp3) is 0.571. The van der Waals surface area contributed by atoms with Gasteiger partial charge in [0, 0.05) is 38.3 Å². The average molecular weight is 389 g/mol. The van der Waals surface area contributed by atoms with Crippen molar-refractivity contribution >= 4 is 17.8 Å². The molecule has 28 heavy (non-hydrogen) atoms. The Labute approximate surface area is 166 Å². The number of carboxylic acids is 1. The van der Waals surface area contributed by atoms with Crippen molar-refractivity contribution in [1.82, 2.24) is 14.7 Å². The molecule has 2 rings (SSSR count). The first kappa shape index (κ1) is 21.9. The summed E-state index contributed by atoms with van der Waals surface area (Å²) in [5.74, 6) is -0.989. The van der Waals surface area contributed by atoms with Gasteiger partial charge in [-0.05, 0) is 39.3 Å². The minimum Gasteiger partial charge on any atom is -0.478 e. The zero-order chi connectivity index (χ0) is 20.8. The zero-order valence-electron chi connectivity index (χ0n) is 17.2. The molecular formula is C21H31N3O4. The van der Waals surface area contributed by atoms with Gasteiger partial charge < -0.3 is 14.9 Å². The lowest BCUT2D eigenvalue weighted by molar-refractivity contribution is -0.137. The number of carboxylic acid groups (broad SMARTS) is 1. The van der Waals surface area contributed by atoms with Crippen LogP contribution in [0.3, 0.4) is 0 Å². The second-order valence-electron chi connectivity index (χ2n) is 7.78. The van der Waals surface area contributed by atoms with E-state index in [-0.39, 0.29) is 35.9 Å². The standard InChI is InChI=1S/C21H31N3O4/c1-15(2)24(16(3)4)20(26)14-22-9-11-23(12-10-22)19(25)13-17-7-5-6-8-18(17)21(27)28/h5-8,15-16H,9-14H2,1-4H3,(H,27,28). The van der Waals surface area contributed by atoms with E-state index in [1.165, 1.54) is 6.07 Å². The van der Waals surface area contributed by atoms with E-state index in [1.807, 2.05) is 32.6 Å². The van der Waals surface area contributed by atoms with Gasteiger partial charge >= 0.3 is 5.97 Å². The van der Waals surface area contributed by atoms with Crippen LogP contribution in [0, 0.1) is 0 Å². The molecule has 7 nitrogen and oxygen atoms in total. The smallest absolute Gasteiger partial charge is 0.335 e. The molecule has 1 saturated heterocycles. The molecule has 1 fully saturated rings. The summed E-state index contributed by atoms with van der Waals surface area (Å²) in [6.45, 7) is 10.8. The fourth-order valence-corrected chi connectivity index (χ4v) is 3.76. The van der Waals surface area contributed by atoms with Crippen molar-refractivity contribution in [3.05, 3.63) is 35.4 Å². The minimum atomic E-state index is -1.02. The van der Waals surface area contributed by atoms with Crippen LogP contribution in [0.15, 0.2) is 24.3 Å². The third-order valence-electron chi connectivity index (χ3n) is 5.07. The number of carbonyl (C=O) groups excluding carboxylic acids is 2. The summed E-state index contributed by atoms with van der Waals surface area (Å²) in [4.78, 5) is 42.2. The first-order chi connectivity index (χ1) is 13.2. The lowest BCUT2D eigenvalue weighted by Crippen LogP contribution is -2.53. The number of carbonyl (C=O) groups is 3. The molecule has 0 spiro atoms. The topological polar surface area (TPSA) is 81.2 Å². The second-order valence-corrected chi connectivity index (χ2v) is 7.78. The van der Waals surface area contributed by atoms with E-state index in [4.69, 9.17) is 0 Å². The van der Waals surface area contributed by atoms with Crippen LogP contribution in [0.5, 0.6) is 0 Å². The van der Waals surface area contributed by atoms with E-state index in [1.54, 1.807) is 23.1 Å². The molecule has 0 radical (unpaired) electrons. The van der Waals surface area contributed by atoms with Gasteiger partial charge in [0.05, 0.1) is 18.5 Å². The van der Waals surface area contributed by atoms with Gasteiger partial charge in [-0.15, -0.1) is 0 Å². The van der Waals surface area contributed by atoms with Crippen molar-refractivity contribution in [3.8, 4) is 0 Å². The summed E-state index contributed by atoms with van der Waals surface area (Å²) in [6, 6.07) is 6.92. The van der Waals surface area contributed by atoms with E-state index in [2.05, 4.69) is 4.90 Å². The third-order valence-corrected chi connectivity index (χ3v) is 5.07. The molecule has 0 bridgehead atoms. The van der Waals surface area contributed by atoms with Gasteiger partial charge in [-0.3, -0.25) is 14.5 Å². The van der Waals surface area contributed by atoms with Crippen molar-refractivity contribution in [1.29, 1.82) is 0 Å². The van der Waals surface area contributed by atoms with Gasteiger partial charge in [0.25, 0.3) is 0 Å². The van der Waals surface area contributed by atoms with E-state index in [9.17, 15) is 19.5 Å². The summed E-state index contributed by atoms with van der Waals surface area (Å²) in [7, 11) is 0. The monoisotopic (exact) mass is 389 g/mol. The quantitative estimate of drug-likeness (QED) is 0.768. The molecule has 0 aromatic heterocycles. The number of aromatic carboxylic acids is 1. The lowest BCUT2D eigenvalue weighted by Gasteiger charge is -2.37. The van der Waals surface area contributed by atoms with Gasteiger partial charge in [-0.1, -0.05) is 18.2 Å². The molecular weight excluding hydrogens is 358 g/mol. The first-order valence-corrected chi connectivity index (χ1v) is 9.83.